The number of unbranched alkanes of at least 4 members (excludes halogenated alkanes) is 4. The summed E-state index contributed by atoms with van der Waals surface area (Å²) in [6.45, 7) is 18.4. The Hall–Kier alpha value is -0.303. The van der Waals surface area contributed by atoms with Crippen LogP contribution in [0.25, 0.3) is 0 Å². The van der Waals surface area contributed by atoms with Crippen molar-refractivity contribution in [3.63, 3.8) is 0 Å². The molecule has 1 heteroatoms. The van der Waals surface area contributed by atoms with Crippen LogP contribution in [-0.2, 0) is 0 Å². The van der Waals surface area contributed by atoms with Gasteiger partial charge < -0.3 is 0 Å². The third kappa shape index (κ3) is 5.56. The summed E-state index contributed by atoms with van der Waals surface area (Å²) in [6, 6.07) is 0. The van der Waals surface area contributed by atoms with E-state index in [0.29, 0.717) is 5.04 Å². The lowest BCUT2D eigenvalue weighted by atomic mass is 10.1. The van der Waals surface area contributed by atoms with Crippen molar-refractivity contribution in [3.05, 3.63) is 23.9 Å². The molecular weight excluding hydrogens is 232 g/mol. The normalized spacial score (nSPS) is 13.8. The first kappa shape index (κ1) is 17.7. The van der Waals surface area contributed by atoms with E-state index in [0.717, 1.165) is 6.42 Å². The predicted octanol–water partition coefficient (Wildman–Crippen LogP) is 6.51. The number of rotatable bonds is 8. The maximum Gasteiger partial charge on any atom is 0.0807 e. The second-order valence-electron chi connectivity index (χ2n) is 6.95. The number of allylic oxidation sites excluding steroid dienone is 3. The molecule has 0 aliphatic rings. The van der Waals surface area contributed by atoms with Gasteiger partial charge in [-0.1, -0.05) is 77.4 Å². The highest BCUT2D eigenvalue weighted by Gasteiger charge is 2.37. The Balaban J connectivity index is 4.64. The molecule has 0 aromatic carbocycles. The van der Waals surface area contributed by atoms with Crippen LogP contribution in [0.2, 0.25) is 18.1 Å². The molecule has 18 heavy (non-hydrogen) atoms. The van der Waals surface area contributed by atoms with Crippen LogP contribution in [0.5, 0.6) is 0 Å². The molecule has 0 unspecified atom stereocenters. The van der Waals surface area contributed by atoms with Crippen molar-refractivity contribution in [2.24, 2.45) is 0 Å². The van der Waals surface area contributed by atoms with E-state index < -0.39 is 8.07 Å². The van der Waals surface area contributed by atoms with Crippen LogP contribution in [0.3, 0.4) is 0 Å². The third-order valence-corrected chi connectivity index (χ3v) is 10.3. The molecule has 0 nitrogen and oxygen atoms in total. The molecular formula is C17H34Si. The maximum atomic E-state index is 3.94. The van der Waals surface area contributed by atoms with Gasteiger partial charge in [0.2, 0.25) is 0 Å². The minimum Gasteiger partial charge on any atom is -0.103 e. The lowest BCUT2D eigenvalue weighted by Gasteiger charge is -2.39. The molecule has 0 aliphatic heterocycles. The molecule has 0 radical (unpaired) electrons. The summed E-state index contributed by atoms with van der Waals surface area (Å²) >= 11 is 0. The van der Waals surface area contributed by atoms with Crippen molar-refractivity contribution >= 4 is 8.07 Å². The van der Waals surface area contributed by atoms with Crippen molar-refractivity contribution in [3.8, 4) is 0 Å². The van der Waals surface area contributed by atoms with E-state index in [1.165, 1.54) is 32.1 Å². The number of hydrogen-bond donors (Lipinski definition) is 0. The fraction of sp³-hybridized carbons (Fsp3) is 0.765. The van der Waals surface area contributed by atoms with Crippen LogP contribution in [0, 0.1) is 0 Å². The minimum atomic E-state index is -1.33. The lowest BCUT2D eigenvalue weighted by Crippen LogP contribution is -2.39. The molecule has 0 heterocycles. The molecule has 0 atom stereocenters. The van der Waals surface area contributed by atoms with Crippen molar-refractivity contribution < 1.29 is 0 Å². The van der Waals surface area contributed by atoms with E-state index in [1.807, 2.05) is 0 Å². The quantitative estimate of drug-likeness (QED) is 0.267. The van der Waals surface area contributed by atoms with Gasteiger partial charge in [0.05, 0.1) is 8.07 Å². The van der Waals surface area contributed by atoms with Gasteiger partial charge in [-0.25, -0.2) is 0 Å². The monoisotopic (exact) mass is 266 g/mol. The summed E-state index contributed by atoms with van der Waals surface area (Å²) in [6.07, 6.45) is 12.4. The average Bonchev–Trinajstić information content (AvgIpc) is 2.25. The van der Waals surface area contributed by atoms with Crippen LogP contribution in [-0.4, -0.2) is 8.07 Å². The molecule has 0 amide bonds. The zero-order valence-corrected chi connectivity index (χ0v) is 14.6. The summed E-state index contributed by atoms with van der Waals surface area (Å²) in [5.41, 5.74) is 0. The summed E-state index contributed by atoms with van der Waals surface area (Å²) in [5, 5.41) is 2.13. The van der Waals surface area contributed by atoms with Gasteiger partial charge in [-0.15, -0.1) is 6.58 Å². The summed E-state index contributed by atoms with van der Waals surface area (Å²) < 4.78 is 0. The molecule has 106 valence electrons. The molecule has 0 aromatic rings. The molecule has 0 bridgehead atoms. The summed E-state index contributed by atoms with van der Waals surface area (Å²) in [7, 11) is -1.33. The van der Waals surface area contributed by atoms with E-state index >= 15 is 0 Å². The molecule has 0 saturated carbocycles. The van der Waals surface area contributed by atoms with Crippen molar-refractivity contribution in [2.75, 3.05) is 0 Å². The van der Waals surface area contributed by atoms with Crippen molar-refractivity contribution in [1.29, 1.82) is 0 Å². The zero-order valence-electron chi connectivity index (χ0n) is 13.6. The maximum absolute atomic E-state index is 3.94. The van der Waals surface area contributed by atoms with Gasteiger partial charge in [0.15, 0.2) is 0 Å². The fourth-order valence-electron chi connectivity index (χ4n) is 2.08. The topological polar surface area (TPSA) is 0 Å². The Bertz CT molecular complexity index is 266. The second kappa shape index (κ2) is 7.99. The summed E-state index contributed by atoms with van der Waals surface area (Å²) in [5.74, 6) is 0. The van der Waals surface area contributed by atoms with Crippen LogP contribution in [0.1, 0.15) is 66.2 Å². The predicted molar refractivity (Wildman–Crippen MR) is 88.9 cm³/mol. The van der Waals surface area contributed by atoms with Gasteiger partial charge in [-0.2, -0.15) is 0 Å². The van der Waals surface area contributed by atoms with E-state index in [9.17, 15) is 0 Å². The molecule has 0 fully saturated rings. The molecule has 0 rings (SSSR count). The van der Waals surface area contributed by atoms with E-state index in [1.54, 1.807) is 5.20 Å². The van der Waals surface area contributed by atoms with Crippen molar-refractivity contribution in [2.45, 2.75) is 84.4 Å². The zero-order chi connectivity index (χ0) is 14.2. The first-order chi connectivity index (χ1) is 8.27. The van der Waals surface area contributed by atoms with E-state index in [-0.39, 0.29) is 0 Å². The molecule has 0 N–H and O–H groups in total. The van der Waals surface area contributed by atoms with Gasteiger partial charge in [0.1, 0.15) is 0 Å². The first-order valence-electron chi connectivity index (χ1n) is 7.57. The van der Waals surface area contributed by atoms with Gasteiger partial charge in [0, 0.05) is 0 Å². The number of hydrogen-bond acceptors (Lipinski definition) is 0. The minimum absolute atomic E-state index is 0.436. The van der Waals surface area contributed by atoms with Gasteiger partial charge >= 0.3 is 0 Å². The SMILES string of the molecule is C=CC/C(=C\CCCCCC)[Si](C)(C)C(C)(C)C. The molecule has 0 spiro atoms. The van der Waals surface area contributed by atoms with Gasteiger partial charge in [0.25, 0.3) is 0 Å². The Morgan fingerprint density at radius 3 is 2.17 bits per heavy atom. The highest BCUT2D eigenvalue weighted by molar-refractivity contribution is 6.86. The van der Waals surface area contributed by atoms with Crippen molar-refractivity contribution in [1.82, 2.24) is 0 Å². The molecule has 0 aromatic heterocycles. The fourth-order valence-corrected chi connectivity index (χ4v) is 4.35. The Morgan fingerprint density at radius 1 is 1.11 bits per heavy atom. The largest absolute Gasteiger partial charge is 0.103 e. The van der Waals surface area contributed by atoms with E-state index in [2.05, 4.69) is 59.5 Å². The van der Waals surface area contributed by atoms with Gasteiger partial charge in [-0.05, 0) is 24.3 Å². The van der Waals surface area contributed by atoms with Crippen LogP contribution in [0.15, 0.2) is 23.9 Å². The first-order valence-corrected chi connectivity index (χ1v) is 10.6. The Kier molecular flexibility index (Phi) is 7.85. The Labute approximate surface area is 117 Å². The highest BCUT2D eigenvalue weighted by atomic mass is 28.3. The average molecular weight is 267 g/mol. The molecule has 0 aliphatic carbocycles. The molecule has 0 saturated heterocycles. The smallest absolute Gasteiger partial charge is 0.0807 e. The van der Waals surface area contributed by atoms with Crippen LogP contribution in [0.4, 0.5) is 0 Å². The standard InChI is InChI=1S/C17H34Si/c1-8-10-11-12-13-15-16(14-9-2)18(6,7)17(3,4)5/h9,15H,2,8,10-14H2,1,3-7H3/b16-15+. The second-order valence-corrected chi connectivity index (χ2v) is 12.3. The van der Waals surface area contributed by atoms with Crippen LogP contribution < -0.4 is 0 Å². The highest BCUT2D eigenvalue weighted by Crippen LogP contribution is 2.41. The summed E-state index contributed by atoms with van der Waals surface area (Å²) in [4.78, 5) is 0. The van der Waals surface area contributed by atoms with Gasteiger partial charge in [-0.3, -0.25) is 0 Å². The lowest BCUT2D eigenvalue weighted by molar-refractivity contribution is 0.672. The van der Waals surface area contributed by atoms with E-state index in [4.69, 9.17) is 0 Å². The van der Waals surface area contributed by atoms with Crippen LogP contribution >= 0.6 is 0 Å². The third-order valence-electron chi connectivity index (χ3n) is 4.49. The Morgan fingerprint density at radius 2 is 1.72 bits per heavy atom.